The van der Waals surface area contributed by atoms with Crippen molar-refractivity contribution in [1.29, 1.82) is 0 Å². The van der Waals surface area contributed by atoms with Crippen LogP contribution >= 0.6 is 11.8 Å². The summed E-state index contributed by atoms with van der Waals surface area (Å²) in [6.45, 7) is -0.784. The van der Waals surface area contributed by atoms with E-state index >= 15 is 0 Å². The highest BCUT2D eigenvalue weighted by atomic mass is 32.2. The molecular weight excluding hydrogens is 572 g/mol. The average molecular weight is 595 g/mol. The zero-order valence-corrected chi connectivity index (χ0v) is 22.0. The molecule has 0 aromatic heterocycles. The van der Waals surface area contributed by atoms with Crippen molar-refractivity contribution in [1.82, 2.24) is 10.0 Å². The van der Waals surface area contributed by atoms with E-state index in [0.717, 1.165) is 0 Å². The Bertz CT molecular complexity index is 1470. The minimum absolute atomic E-state index is 0.0379. The number of sulfonamides is 1. The molecule has 0 unspecified atom stereocenters. The molecule has 0 bridgehead atoms. The maximum Gasteiger partial charge on any atom is 0.341 e. The number of carbonyl (C=O) groups excluding carboxylic acids is 2. The molecule has 0 saturated carbocycles. The standard InChI is InChI=1S/C24H22N2O12S2/c27-20(28)8-6-16(23(32)33)26-40(35,36)15-4-1-13(2-5-15)11-37-17-7-3-14(9-18(17)38-12-21(29)30)10-19-22(31)25-24(34)39-19/h1-5,7,9-10,16,26H,6,8,11-12H2,(H,27,28)(H,29,30)(H,32,33)(H,25,31,34)/b19-10-/t16-/m1/s1. The summed E-state index contributed by atoms with van der Waals surface area (Å²) >= 11 is 0.710. The van der Waals surface area contributed by atoms with Crippen LogP contribution in [0.3, 0.4) is 0 Å². The number of hydrogen-bond donors (Lipinski definition) is 5. The van der Waals surface area contributed by atoms with Crippen molar-refractivity contribution < 1.29 is 57.2 Å². The number of benzene rings is 2. The summed E-state index contributed by atoms with van der Waals surface area (Å²) in [5.74, 6) is -4.42. The SMILES string of the molecule is O=C(O)CC[C@@H](NS(=O)(=O)c1ccc(COc2ccc(/C=C3\SC(=O)NC3=O)cc2OCC(=O)O)cc1)C(=O)O. The number of hydrogen-bond acceptors (Lipinski definition) is 10. The number of thioether (sulfide) groups is 1. The molecule has 14 nitrogen and oxygen atoms in total. The molecule has 1 saturated heterocycles. The predicted molar refractivity (Wildman–Crippen MR) is 138 cm³/mol. The first-order chi connectivity index (χ1) is 18.8. The zero-order chi connectivity index (χ0) is 29.4. The fourth-order valence-electron chi connectivity index (χ4n) is 3.24. The Kier molecular flexibility index (Phi) is 9.87. The summed E-state index contributed by atoms with van der Waals surface area (Å²) in [5, 5.41) is 28.5. The molecule has 1 aliphatic rings. The third kappa shape index (κ3) is 8.55. The van der Waals surface area contributed by atoms with E-state index in [-0.39, 0.29) is 27.9 Å². The van der Waals surface area contributed by atoms with E-state index in [4.69, 9.17) is 19.7 Å². The van der Waals surface area contributed by atoms with E-state index in [1.165, 1.54) is 42.5 Å². The number of imide groups is 1. The van der Waals surface area contributed by atoms with E-state index < -0.39 is 64.6 Å². The number of amides is 2. The normalized spacial score (nSPS) is 14.9. The highest BCUT2D eigenvalue weighted by Crippen LogP contribution is 2.32. The van der Waals surface area contributed by atoms with Gasteiger partial charge in [-0.15, -0.1) is 0 Å². The lowest BCUT2D eigenvalue weighted by molar-refractivity contribution is -0.141. The minimum atomic E-state index is -4.28. The van der Waals surface area contributed by atoms with Gasteiger partial charge in [-0.05, 0) is 59.7 Å². The van der Waals surface area contributed by atoms with E-state index in [1.54, 1.807) is 6.07 Å². The quantitative estimate of drug-likeness (QED) is 0.197. The summed E-state index contributed by atoms with van der Waals surface area (Å²) in [6.07, 6.45) is 0.439. The lowest BCUT2D eigenvalue weighted by Crippen LogP contribution is -2.41. The summed E-state index contributed by atoms with van der Waals surface area (Å²) in [4.78, 5) is 56.1. The molecule has 0 radical (unpaired) electrons. The summed E-state index contributed by atoms with van der Waals surface area (Å²) in [6, 6.07) is 8.04. The number of aliphatic carboxylic acids is 3. The summed E-state index contributed by atoms with van der Waals surface area (Å²) < 4.78 is 38.1. The monoisotopic (exact) mass is 594 g/mol. The Morgan fingerprint density at radius 2 is 1.68 bits per heavy atom. The van der Waals surface area contributed by atoms with Crippen molar-refractivity contribution in [3.8, 4) is 11.5 Å². The zero-order valence-electron chi connectivity index (χ0n) is 20.4. The second-order valence-electron chi connectivity index (χ2n) is 8.12. The first-order valence-corrected chi connectivity index (χ1v) is 13.6. The lowest BCUT2D eigenvalue weighted by Gasteiger charge is -2.15. The fraction of sp³-hybridized carbons (Fsp3) is 0.208. The van der Waals surface area contributed by atoms with E-state index in [0.29, 0.717) is 22.9 Å². The Labute approximate surface area is 231 Å². The molecule has 1 aliphatic heterocycles. The fourth-order valence-corrected chi connectivity index (χ4v) is 5.15. The maximum atomic E-state index is 12.6. The molecule has 0 spiro atoms. The Balaban J connectivity index is 1.72. The van der Waals surface area contributed by atoms with E-state index in [1.807, 2.05) is 4.72 Å². The van der Waals surface area contributed by atoms with Crippen LogP contribution in [-0.4, -0.2) is 65.4 Å². The van der Waals surface area contributed by atoms with Crippen LogP contribution in [-0.2, 0) is 35.8 Å². The molecule has 1 fully saturated rings. The van der Waals surface area contributed by atoms with Gasteiger partial charge in [-0.3, -0.25) is 24.5 Å². The van der Waals surface area contributed by atoms with Crippen LogP contribution < -0.4 is 19.5 Å². The molecule has 212 valence electrons. The highest BCUT2D eigenvalue weighted by Gasteiger charge is 2.26. The van der Waals surface area contributed by atoms with Gasteiger partial charge in [-0.2, -0.15) is 4.72 Å². The number of carboxylic acid groups (broad SMARTS) is 3. The smallest absolute Gasteiger partial charge is 0.341 e. The largest absolute Gasteiger partial charge is 0.485 e. The van der Waals surface area contributed by atoms with Gasteiger partial charge in [-0.1, -0.05) is 18.2 Å². The van der Waals surface area contributed by atoms with Crippen LogP contribution in [0.15, 0.2) is 52.3 Å². The van der Waals surface area contributed by atoms with Crippen molar-refractivity contribution in [2.75, 3.05) is 6.61 Å². The molecule has 1 heterocycles. The van der Waals surface area contributed by atoms with Crippen LogP contribution in [0.4, 0.5) is 4.79 Å². The summed E-state index contributed by atoms with van der Waals surface area (Å²) in [5.41, 5.74) is 0.928. The second-order valence-corrected chi connectivity index (χ2v) is 10.8. The number of nitrogens with one attached hydrogen (secondary N) is 2. The van der Waals surface area contributed by atoms with Gasteiger partial charge >= 0.3 is 17.9 Å². The second kappa shape index (κ2) is 13.1. The van der Waals surface area contributed by atoms with Crippen molar-refractivity contribution >= 4 is 56.9 Å². The molecule has 16 heteroatoms. The summed E-state index contributed by atoms with van der Waals surface area (Å²) in [7, 11) is -4.28. The van der Waals surface area contributed by atoms with Gasteiger partial charge in [0.15, 0.2) is 18.1 Å². The first-order valence-electron chi connectivity index (χ1n) is 11.3. The number of carbonyl (C=O) groups is 5. The van der Waals surface area contributed by atoms with Gasteiger partial charge in [-0.25, -0.2) is 13.2 Å². The Hall–Kier alpha value is -4.41. The van der Waals surface area contributed by atoms with Crippen LogP contribution in [0.25, 0.3) is 6.08 Å². The maximum absolute atomic E-state index is 12.6. The molecule has 40 heavy (non-hydrogen) atoms. The van der Waals surface area contributed by atoms with Crippen molar-refractivity contribution in [3.05, 3.63) is 58.5 Å². The highest BCUT2D eigenvalue weighted by molar-refractivity contribution is 8.18. The lowest BCUT2D eigenvalue weighted by atomic mass is 10.2. The Morgan fingerprint density at radius 3 is 2.25 bits per heavy atom. The molecule has 1 atom stereocenters. The molecule has 2 aromatic rings. The van der Waals surface area contributed by atoms with Gasteiger partial charge in [0.2, 0.25) is 10.0 Å². The van der Waals surface area contributed by atoms with Gasteiger partial charge in [0, 0.05) is 6.42 Å². The predicted octanol–water partition coefficient (Wildman–Crippen LogP) is 1.65. The van der Waals surface area contributed by atoms with E-state index in [9.17, 15) is 37.5 Å². The van der Waals surface area contributed by atoms with Gasteiger partial charge < -0.3 is 24.8 Å². The number of rotatable bonds is 14. The van der Waals surface area contributed by atoms with Crippen molar-refractivity contribution in [2.45, 2.75) is 30.4 Å². The molecule has 0 aliphatic carbocycles. The molecular formula is C24H22N2O12S2. The Morgan fingerprint density at radius 1 is 0.975 bits per heavy atom. The average Bonchev–Trinajstić information content (AvgIpc) is 3.20. The van der Waals surface area contributed by atoms with Gasteiger partial charge in [0.25, 0.3) is 11.1 Å². The van der Waals surface area contributed by atoms with Crippen LogP contribution in [0.2, 0.25) is 0 Å². The molecule has 5 N–H and O–H groups in total. The van der Waals surface area contributed by atoms with Crippen molar-refractivity contribution in [3.63, 3.8) is 0 Å². The van der Waals surface area contributed by atoms with Crippen LogP contribution in [0.1, 0.15) is 24.0 Å². The van der Waals surface area contributed by atoms with E-state index in [2.05, 4.69) is 5.32 Å². The van der Waals surface area contributed by atoms with Crippen LogP contribution in [0, 0.1) is 0 Å². The molecule has 2 aromatic carbocycles. The van der Waals surface area contributed by atoms with Gasteiger partial charge in [0.1, 0.15) is 12.6 Å². The molecule has 2 amide bonds. The topological polar surface area (TPSA) is 223 Å². The first kappa shape index (κ1) is 30.1. The number of ether oxygens (including phenoxy) is 2. The third-order valence-electron chi connectivity index (χ3n) is 5.13. The van der Waals surface area contributed by atoms with Crippen molar-refractivity contribution in [2.24, 2.45) is 0 Å². The van der Waals surface area contributed by atoms with Gasteiger partial charge in [0.05, 0.1) is 9.80 Å². The number of carboxylic acids is 3. The molecule has 3 rings (SSSR count). The third-order valence-corrected chi connectivity index (χ3v) is 7.43. The van der Waals surface area contributed by atoms with Crippen LogP contribution in [0.5, 0.6) is 11.5 Å². The minimum Gasteiger partial charge on any atom is -0.485 e.